The average molecular weight is 343 g/mol. The van der Waals surface area contributed by atoms with Crippen molar-refractivity contribution in [1.82, 2.24) is 14.4 Å². The van der Waals surface area contributed by atoms with Gasteiger partial charge in [0, 0.05) is 25.0 Å². The molecule has 0 aromatic carbocycles. The van der Waals surface area contributed by atoms with E-state index in [0.29, 0.717) is 0 Å². The van der Waals surface area contributed by atoms with Gasteiger partial charge in [-0.15, -0.1) is 0 Å². The fourth-order valence-electron chi connectivity index (χ4n) is 2.48. The van der Waals surface area contributed by atoms with Crippen molar-refractivity contribution in [2.75, 3.05) is 0 Å². The van der Waals surface area contributed by atoms with Crippen LogP contribution in [-0.4, -0.2) is 14.4 Å². The van der Waals surface area contributed by atoms with Crippen LogP contribution in [0.25, 0.3) is 11.1 Å². The summed E-state index contributed by atoms with van der Waals surface area (Å²) in [5, 5.41) is 0. The lowest BCUT2D eigenvalue weighted by Crippen LogP contribution is -1.96. The van der Waals surface area contributed by atoms with Gasteiger partial charge in [0.15, 0.2) is 0 Å². The molecule has 3 aromatic heterocycles. The highest BCUT2D eigenvalue weighted by molar-refractivity contribution is 5.73. The van der Waals surface area contributed by atoms with Crippen molar-refractivity contribution in [2.45, 2.75) is 20.3 Å². The number of imidazole rings is 1. The second kappa shape index (κ2) is 9.94. The second-order valence-electron chi connectivity index (χ2n) is 5.80. The Morgan fingerprint density at radius 2 is 2.00 bits per heavy atom. The van der Waals surface area contributed by atoms with Crippen LogP contribution in [0.4, 0.5) is 0 Å². The second-order valence-corrected chi connectivity index (χ2v) is 5.80. The molecule has 0 bridgehead atoms. The zero-order valence-corrected chi connectivity index (χ0v) is 15.5. The summed E-state index contributed by atoms with van der Waals surface area (Å²) in [7, 11) is 0. The van der Waals surface area contributed by atoms with Crippen molar-refractivity contribution < 1.29 is 0 Å². The molecule has 0 aliphatic carbocycles. The Hall–Kier alpha value is -3.20. The Balaban J connectivity index is 0.000000298. The number of hydrogen-bond acceptors (Lipinski definition) is 2. The van der Waals surface area contributed by atoms with Crippen LogP contribution in [0.15, 0.2) is 92.5 Å². The Morgan fingerprint density at radius 1 is 1.15 bits per heavy atom. The summed E-state index contributed by atoms with van der Waals surface area (Å²) in [5.41, 5.74) is 4.22. The number of allylic oxidation sites excluding steroid dienone is 6. The van der Waals surface area contributed by atoms with Crippen LogP contribution in [0.3, 0.4) is 0 Å². The van der Waals surface area contributed by atoms with Crippen molar-refractivity contribution in [3.63, 3.8) is 0 Å². The third-order valence-electron chi connectivity index (χ3n) is 3.66. The minimum atomic E-state index is 0.770. The molecule has 0 aliphatic rings. The molecule has 0 spiro atoms. The van der Waals surface area contributed by atoms with Gasteiger partial charge in [-0.2, -0.15) is 0 Å². The first-order valence-corrected chi connectivity index (χ1v) is 8.58. The molecule has 0 fully saturated rings. The highest BCUT2D eigenvalue weighted by atomic mass is 15.0. The van der Waals surface area contributed by atoms with Gasteiger partial charge in [-0.05, 0) is 43.2 Å². The average Bonchev–Trinajstić information content (AvgIpc) is 3.03. The third-order valence-corrected chi connectivity index (χ3v) is 3.66. The number of aromatic nitrogens is 3. The van der Waals surface area contributed by atoms with Gasteiger partial charge < -0.3 is 4.40 Å². The van der Waals surface area contributed by atoms with Crippen molar-refractivity contribution in [3.8, 4) is 0 Å². The Kier molecular flexibility index (Phi) is 7.31. The van der Waals surface area contributed by atoms with Gasteiger partial charge in [0.2, 0.25) is 0 Å². The summed E-state index contributed by atoms with van der Waals surface area (Å²) in [6.07, 6.45) is 16.0. The maximum Gasteiger partial charge on any atom is 0.118 e. The smallest absolute Gasteiger partial charge is 0.118 e. The molecule has 0 N–H and O–H groups in total. The first-order valence-electron chi connectivity index (χ1n) is 8.58. The molecule has 0 radical (unpaired) electrons. The molecule has 0 saturated heterocycles. The SMILES string of the molecule is C=C(C)c1nc(Cc2cccnc2)n2ccccc12.C=C/C=C\C=C/C. The van der Waals surface area contributed by atoms with E-state index in [1.54, 1.807) is 12.3 Å². The molecule has 26 heavy (non-hydrogen) atoms. The van der Waals surface area contributed by atoms with Gasteiger partial charge in [-0.1, -0.05) is 55.7 Å². The topological polar surface area (TPSA) is 30.2 Å². The van der Waals surface area contributed by atoms with Crippen LogP contribution in [0.1, 0.15) is 30.9 Å². The van der Waals surface area contributed by atoms with Gasteiger partial charge in [0.05, 0.1) is 11.2 Å². The van der Waals surface area contributed by atoms with Gasteiger partial charge in [-0.3, -0.25) is 4.98 Å². The number of pyridine rings is 2. The predicted octanol–water partition coefficient (Wildman–Crippen LogP) is 5.66. The fraction of sp³-hybridized carbons (Fsp3) is 0.130. The Bertz CT molecular complexity index is 915. The number of nitrogens with zero attached hydrogens (tertiary/aromatic N) is 3. The van der Waals surface area contributed by atoms with Crippen LogP contribution in [0, 0.1) is 0 Å². The summed E-state index contributed by atoms with van der Waals surface area (Å²) < 4.78 is 2.12. The highest BCUT2D eigenvalue weighted by Crippen LogP contribution is 2.20. The summed E-state index contributed by atoms with van der Waals surface area (Å²) in [5.74, 6) is 1.02. The molecular weight excluding hydrogens is 318 g/mol. The normalized spacial score (nSPS) is 10.8. The lowest BCUT2D eigenvalue weighted by atomic mass is 10.2. The molecule has 0 amide bonds. The highest BCUT2D eigenvalue weighted by Gasteiger charge is 2.11. The monoisotopic (exact) mass is 343 g/mol. The van der Waals surface area contributed by atoms with E-state index >= 15 is 0 Å². The standard InChI is InChI=1S/C16H15N3.C7H10/c1-12(2)16-14-7-3-4-9-19(14)15(18-16)10-13-6-5-8-17-11-13;1-3-5-7-6-4-2/h3-9,11H,1,10H2,2H3;3-7H,1H2,2H3/b;6-4-,7-5-. The van der Waals surface area contributed by atoms with E-state index in [1.165, 1.54) is 0 Å². The molecule has 0 atom stereocenters. The van der Waals surface area contributed by atoms with Gasteiger partial charge >= 0.3 is 0 Å². The maximum atomic E-state index is 4.72. The summed E-state index contributed by atoms with van der Waals surface area (Å²) in [6.45, 7) is 11.5. The lowest BCUT2D eigenvalue weighted by Gasteiger charge is -2.00. The van der Waals surface area contributed by atoms with Crippen LogP contribution >= 0.6 is 0 Å². The first kappa shape index (κ1) is 19.1. The van der Waals surface area contributed by atoms with E-state index in [-0.39, 0.29) is 0 Å². The third kappa shape index (κ3) is 5.15. The minimum Gasteiger partial charge on any atom is -0.303 e. The van der Waals surface area contributed by atoms with Crippen molar-refractivity contribution in [2.24, 2.45) is 0 Å². The molecule has 3 nitrogen and oxygen atoms in total. The van der Waals surface area contributed by atoms with E-state index in [4.69, 9.17) is 4.98 Å². The van der Waals surface area contributed by atoms with E-state index < -0.39 is 0 Å². The zero-order valence-electron chi connectivity index (χ0n) is 15.5. The van der Waals surface area contributed by atoms with Crippen LogP contribution in [0.5, 0.6) is 0 Å². The fourth-order valence-corrected chi connectivity index (χ4v) is 2.48. The summed E-state index contributed by atoms with van der Waals surface area (Å²) in [4.78, 5) is 8.87. The molecule has 3 heteroatoms. The van der Waals surface area contributed by atoms with Gasteiger partial charge in [0.1, 0.15) is 5.82 Å². The molecular formula is C23H25N3. The largest absolute Gasteiger partial charge is 0.303 e. The molecule has 0 saturated carbocycles. The lowest BCUT2D eigenvalue weighted by molar-refractivity contribution is 0.953. The van der Waals surface area contributed by atoms with Gasteiger partial charge in [-0.25, -0.2) is 4.98 Å². The number of hydrogen-bond donors (Lipinski definition) is 0. The van der Waals surface area contributed by atoms with Crippen LogP contribution in [0.2, 0.25) is 0 Å². The van der Waals surface area contributed by atoms with Crippen molar-refractivity contribution in [1.29, 1.82) is 0 Å². The van der Waals surface area contributed by atoms with E-state index in [2.05, 4.69) is 34.7 Å². The van der Waals surface area contributed by atoms with E-state index in [9.17, 15) is 0 Å². The van der Waals surface area contributed by atoms with Crippen LogP contribution in [-0.2, 0) is 6.42 Å². The molecule has 0 unspecified atom stereocenters. The quantitative estimate of drug-likeness (QED) is 0.560. The zero-order chi connectivity index (χ0) is 18.8. The first-order chi connectivity index (χ1) is 12.7. The molecule has 3 aromatic rings. The molecule has 132 valence electrons. The number of rotatable bonds is 5. The van der Waals surface area contributed by atoms with Crippen molar-refractivity contribution >= 4 is 11.1 Å². The summed E-state index contributed by atoms with van der Waals surface area (Å²) >= 11 is 0. The Labute approximate surface area is 155 Å². The molecule has 3 rings (SSSR count). The van der Waals surface area contributed by atoms with Crippen LogP contribution < -0.4 is 0 Å². The molecule has 3 heterocycles. The van der Waals surface area contributed by atoms with Crippen molar-refractivity contribution in [3.05, 3.63) is 110 Å². The van der Waals surface area contributed by atoms with Gasteiger partial charge in [0.25, 0.3) is 0 Å². The Morgan fingerprint density at radius 3 is 2.65 bits per heavy atom. The van der Waals surface area contributed by atoms with E-state index in [1.807, 2.05) is 68.7 Å². The molecule has 0 aliphatic heterocycles. The predicted molar refractivity (Wildman–Crippen MR) is 111 cm³/mol. The number of fused-ring (bicyclic) bond motifs is 1. The maximum absolute atomic E-state index is 4.72. The summed E-state index contributed by atoms with van der Waals surface area (Å²) in [6, 6.07) is 10.1. The minimum absolute atomic E-state index is 0.770. The van der Waals surface area contributed by atoms with E-state index in [0.717, 1.165) is 34.6 Å².